The van der Waals surface area contributed by atoms with E-state index in [2.05, 4.69) is 5.32 Å². The van der Waals surface area contributed by atoms with Crippen LogP contribution in [0.5, 0.6) is 0 Å². The summed E-state index contributed by atoms with van der Waals surface area (Å²) >= 11 is 5.81. The van der Waals surface area contributed by atoms with Crippen LogP contribution < -0.4 is 5.32 Å². The number of carbonyl (C=O) groups excluding carboxylic acids is 1. The Kier molecular flexibility index (Phi) is 5.60. The molecule has 1 amide bonds. The van der Waals surface area contributed by atoms with Crippen molar-refractivity contribution in [1.29, 1.82) is 0 Å². The van der Waals surface area contributed by atoms with Crippen LogP contribution in [0.1, 0.15) is 22.3 Å². The summed E-state index contributed by atoms with van der Waals surface area (Å²) in [7, 11) is -7.03. The first-order valence-electron chi connectivity index (χ1n) is 8.24. The molecule has 2 aromatic carbocycles. The molecule has 3 rings (SSSR count). The molecular formula is C18H18ClNO5S2. The highest BCUT2D eigenvalue weighted by Gasteiger charge is 2.37. The summed E-state index contributed by atoms with van der Waals surface area (Å²) in [5, 5.41) is 2.43. The fraction of sp³-hybridized carbons (Fsp3) is 0.278. The van der Waals surface area contributed by atoms with Crippen LogP contribution in [-0.4, -0.2) is 39.5 Å². The van der Waals surface area contributed by atoms with Crippen LogP contribution in [0.15, 0.2) is 53.4 Å². The zero-order valence-corrected chi connectivity index (χ0v) is 16.6. The monoisotopic (exact) mass is 427 g/mol. The number of halogens is 1. The lowest BCUT2D eigenvalue weighted by atomic mass is 10.2. The Balaban J connectivity index is 1.67. The number of amides is 1. The van der Waals surface area contributed by atoms with E-state index in [1.165, 1.54) is 24.3 Å². The van der Waals surface area contributed by atoms with Crippen LogP contribution in [0.4, 0.5) is 0 Å². The van der Waals surface area contributed by atoms with Crippen LogP contribution in [0.2, 0.25) is 5.02 Å². The molecule has 0 radical (unpaired) electrons. The van der Waals surface area contributed by atoms with Gasteiger partial charge >= 0.3 is 0 Å². The molecule has 0 aliphatic carbocycles. The van der Waals surface area contributed by atoms with E-state index in [1.54, 1.807) is 24.3 Å². The van der Waals surface area contributed by atoms with Gasteiger partial charge in [0.2, 0.25) is 0 Å². The molecule has 2 aromatic rings. The molecule has 1 heterocycles. The van der Waals surface area contributed by atoms with Crippen molar-refractivity contribution in [2.45, 2.75) is 23.1 Å². The normalized spacial score (nSPS) is 18.9. The predicted octanol–water partition coefficient (Wildman–Crippen LogP) is 2.23. The van der Waals surface area contributed by atoms with Gasteiger partial charge in [-0.1, -0.05) is 23.7 Å². The lowest BCUT2D eigenvalue weighted by Crippen LogP contribution is -2.24. The molecule has 9 heteroatoms. The van der Waals surface area contributed by atoms with Gasteiger partial charge in [0.25, 0.3) is 5.91 Å². The second-order valence-corrected chi connectivity index (χ2v) is 11.3. The molecule has 0 bridgehead atoms. The first-order chi connectivity index (χ1) is 12.7. The second-order valence-electron chi connectivity index (χ2n) is 6.40. The first-order valence-corrected chi connectivity index (χ1v) is 12.0. The number of rotatable bonds is 5. The van der Waals surface area contributed by atoms with Crippen molar-refractivity contribution in [1.82, 2.24) is 5.32 Å². The van der Waals surface area contributed by atoms with Crippen LogP contribution in [-0.2, 0) is 26.2 Å². The van der Waals surface area contributed by atoms with Gasteiger partial charge in [-0.05, 0) is 48.4 Å². The molecule has 0 unspecified atom stereocenters. The van der Waals surface area contributed by atoms with Crippen LogP contribution in [0.25, 0.3) is 0 Å². The summed E-state index contributed by atoms with van der Waals surface area (Å²) in [5.41, 5.74) is 1.20. The van der Waals surface area contributed by atoms with Crippen molar-refractivity contribution in [3.8, 4) is 0 Å². The van der Waals surface area contributed by atoms with Crippen LogP contribution in [0.3, 0.4) is 0 Å². The summed E-state index contributed by atoms with van der Waals surface area (Å²) in [6, 6.07) is 12.6. The molecule has 1 aliphatic rings. The average molecular weight is 428 g/mol. The maximum absolute atomic E-state index is 12.6. The SMILES string of the molecule is O=C(NCc1ccc(Cl)cc1)c1ccc(S(=O)(=O)[C@@H]2CCS(=O)(=O)C2)cc1. The van der Waals surface area contributed by atoms with E-state index in [0.717, 1.165) is 5.56 Å². The Hall–Kier alpha value is -1.90. The molecule has 6 nitrogen and oxygen atoms in total. The predicted molar refractivity (Wildman–Crippen MR) is 103 cm³/mol. The lowest BCUT2D eigenvalue weighted by molar-refractivity contribution is 0.0951. The molecule has 1 atom stereocenters. The largest absolute Gasteiger partial charge is 0.348 e. The minimum absolute atomic E-state index is 0.0267. The number of carbonyl (C=O) groups is 1. The second kappa shape index (κ2) is 7.61. The Morgan fingerprint density at radius 1 is 1.07 bits per heavy atom. The molecule has 1 aliphatic heterocycles. The Bertz CT molecular complexity index is 1050. The average Bonchev–Trinajstić information content (AvgIpc) is 3.02. The summed E-state index contributed by atoms with van der Waals surface area (Å²) in [6.45, 7) is 0.315. The van der Waals surface area contributed by atoms with Crippen LogP contribution >= 0.6 is 11.6 Å². The third-order valence-electron chi connectivity index (χ3n) is 4.44. The van der Waals surface area contributed by atoms with Gasteiger partial charge in [0.05, 0.1) is 21.7 Å². The Morgan fingerprint density at radius 3 is 2.26 bits per heavy atom. The topological polar surface area (TPSA) is 97.4 Å². The smallest absolute Gasteiger partial charge is 0.251 e. The zero-order valence-electron chi connectivity index (χ0n) is 14.3. The van der Waals surface area contributed by atoms with Crippen molar-refractivity contribution in [3.63, 3.8) is 0 Å². The summed E-state index contributed by atoms with van der Waals surface area (Å²) in [5.74, 6) is -0.793. The van der Waals surface area contributed by atoms with Gasteiger partial charge < -0.3 is 5.32 Å². The van der Waals surface area contributed by atoms with E-state index >= 15 is 0 Å². The highest BCUT2D eigenvalue weighted by molar-refractivity contribution is 7.96. The third-order valence-corrected chi connectivity index (χ3v) is 8.88. The van der Waals surface area contributed by atoms with Crippen molar-refractivity contribution in [3.05, 3.63) is 64.7 Å². The highest BCUT2D eigenvalue weighted by atomic mass is 35.5. The molecule has 144 valence electrons. The Morgan fingerprint density at radius 2 is 1.70 bits per heavy atom. The van der Waals surface area contributed by atoms with Gasteiger partial charge in [-0.25, -0.2) is 16.8 Å². The van der Waals surface area contributed by atoms with Gasteiger partial charge in [-0.3, -0.25) is 4.79 Å². The summed E-state index contributed by atoms with van der Waals surface area (Å²) < 4.78 is 48.2. The molecule has 27 heavy (non-hydrogen) atoms. The van der Waals surface area contributed by atoms with Crippen molar-refractivity contribution in [2.75, 3.05) is 11.5 Å². The fourth-order valence-electron chi connectivity index (χ4n) is 2.88. The molecule has 1 fully saturated rings. The van der Waals surface area contributed by atoms with Crippen LogP contribution in [0, 0.1) is 0 Å². The van der Waals surface area contributed by atoms with Gasteiger partial charge in [-0.2, -0.15) is 0 Å². The lowest BCUT2D eigenvalue weighted by Gasteiger charge is -2.11. The minimum Gasteiger partial charge on any atom is -0.348 e. The number of sulfone groups is 2. The molecule has 0 aromatic heterocycles. The summed E-state index contributed by atoms with van der Waals surface area (Å²) in [6.07, 6.45) is 0.105. The molecular weight excluding hydrogens is 410 g/mol. The number of benzene rings is 2. The van der Waals surface area contributed by atoms with E-state index in [0.29, 0.717) is 17.1 Å². The van der Waals surface area contributed by atoms with E-state index < -0.39 is 24.9 Å². The number of nitrogens with one attached hydrogen (secondary N) is 1. The van der Waals surface area contributed by atoms with Gasteiger partial charge in [-0.15, -0.1) is 0 Å². The van der Waals surface area contributed by atoms with Gasteiger partial charge in [0, 0.05) is 17.1 Å². The van der Waals surface area contributed by atoms with E-state index in [1.807, 2.05) is 0 Å². The fourth-order valence-corrected chi connectivity index (χ4v) is 7.37. The zero-order chi connectivity index (χ0) is 19.7. The molecule has 0 saturated carbocycles. The van der Waals surface area contributed by atoms with E-state index in [-0.39, 0.29) is 28.7 Å². The van der Waals surface area contributed by atoms with Crippen molar-refractivity contribution >= 4 is 37.2 Å². The van der Waals surface area contributed by atoms with Gasteiger partial charge in [0.1, 0.15) is 0 Å². The van der Waals surface area contributed by atoms with Gasteiger partial charge in [0.15, 0.2) is 19.7 Å². The van der Waals surface area contributed by atoms with E-state index in [4.69, 9.17) is 11.6 Å². The van der Waals surface area contributed by atoms with E-state index in [9.17, 15) is 21.6 Å². The first kappa shape index (κ1) is 19.9. The third kappa shape index (κ3) is 4.69. The quantitative estimate of drug-likeness (QED) is 0.789. The standard InChI is InChI=1S/C18H18ClNO5S2/c19-15-5-1-13(2-6-15)11-20-18(21)14-3-7-16(8-4-14)27(24,25)17-9-10-26(22,23)12-17/h1-8,17H,9-12H2,(H,20,21)/t17-/m1/s1. The molecule has 1 saturated heterocycles. The van der Waals surface area contributed by atoms with Crippen molar-refractivity contribution < 1.29 is 21.6 Å². The number of hydrogen-bond acceptors (Lipinski definition) is 5. The minimum atomic E-state index is -3.73. The summed E-state index contributed by atoms with van der Waals surface area (Å²) in [4.78, 5) is 12.2. The maximum Gasteiger partial charge on any atom is 0.251 e. The number of hydrogen-bond donors (Lipinski definition) is 1. The molecule has 0 spiro atoms. The molecule has 1 N–H and O–H groups in total. The van der Waals surface area contributed by atoms with Crippen molar-refractivity contribution in [2.24, 2.45) is 0 Å². The Labute approximate surface area is 163 Å². The maximum atomic E-state index is 12.6. The highest BCUT2D eigenvalue weighted by Crippen LogP contribution is 2.25.